The molecule has 0 aromatic rings. The van der Waals surface area contributed by atoms with Crippen molar-refractivity contribution in [3.63, 3.8) is 0 Å². The summed E-state index contributed by atoms with van der Waals surface area (Å²) in [5, 5.41) is 74.2. The monoisotopic (exact) mass is 726 g/mol. The van der Waals surface area contributed by atoms with Gasteiger partial charge in [-0.3, -0.25) is 0 Å². The van der Waals surface area contributed by atoms with Gasteiger partial charge in [0.05, 0.1) is 38.1 Å². The molecule has 13 nitrogen and oxygen atoms in total. The molecule has 0 aromatic heterocycles. The molecule has 22 unspecified atom stereocenters. The van der Waals surface area contributed by atoms with Crippen molar-refractivity contribution < 1.29 is 64.2 Å². The van der Waals surface area contributed by atoms with Gasteiger partial charge in [-0.15, -0.1) is 0 Å². The van der Waals surface area contributed by atoms with Gasteiger partial charge in [0, 0.05) is 12.3 Å². The molecule has 8 rings (SSSR count). The van der Waals surface area contributed by atoms with Gasteiger partial charge in [0.1, 0.15) is 42.7 Å². The van der Waals surface area contributed by atoms with Gasteiger partial charge in [-0.1, -0.05) is 27.7 Å². The normalized spacial score (nSPS) is 59.9. The zero-order chi connectivity index (χ0) is 36.2. The average molecular weight is 727 g/mol. The largest absolute Gasteiger partial charge is 0.394 e. The highest BCUT2D eigenvalue weighted by Crippen LogP contribution is 2.71. The van der Waals surface area contributed by atoms with Crippen molar-refractivity contribution in [3.05, 3.63) is 0 Å². The molecule has 13 heteroatoms. The van der Waals surface area contributed by atoms with E-state index in [9.17, 15) is 35.7 Å². The summed E-state index contributed by atoms with van der Waals surface area (Å²) in [6, 6.07) is 0. The van der Waals surface area contributed by atoms with Crippen LogP contribution in [-0.2, 0) is 28.4 Å². The van der Waals surface area contributed by atoms with Crippen molar-refractivity contribution in [1.82, 2.24) is 0 Å². The van der Waals surface area contributed by atoms with Crippen molar-refractivity contribution in [1.29, 1.82) is 0 Å². The Hall–Kier alpha value is -0.520. The van der Waals surface area contributed by atoms with Crippen LogP contribution in [0.3, 0.4) is 0 Å². The van der Waals surface area contributed by atoms with Crippen LogP contribution in [0.5, 0.6) is 0 Å². The Bertz CT molecular complexity index is 1250. The number of aliphatic hydroxyl groups excluding tert-OH is 7. The van der Waals surface area contributed by atoms with Crippen LogP contribution in [0.1, 0.15) is 85.5 Å². The predicted molar refractivity (Wildman–Crippen MR) is 178 cm³/mol. The third-order valence-electron chi connectivity index (χ3n) is 15.8. The van der Waals surface area contributed by atoms with Crippen LogP contribution in [0.2, 0.25) is 0 Å². The zero-order valence-corrected chi connectivity index (χ0v) is 30.5. The first-order valence-electron chi connectivity index (χ1n) is 19.8. The standard InChI is InChI=1S/C38H62O13/c1-17-5-10-38(47-15-17)18(2)28-26(51-38)13-22-20-12-25(23-11-19(40)6-8-36(23,3)21(20)7-9-37(22,28)4)48-35-33(31(44)30(43)27(14-39)49-35)50-34-32(45)29(42)24(41)16-46-34/h17-35,39-45H,5-16H2,1-4H3. The van der Waals surface area contributed by atoms with Gasteiger partial charge in [0.2, 0.25) is 0 Å². The zero-order valence-electron chi connectivity index (χ0n) is 30.5. The lowest BCUT2D eigenvalue weighted by molar-refractivity contribution is -0.369. The average Bonchev–Trinajstić information content (AvgIpc) is 3.55. The summed E-state index contributed by atoms with van der Waals surface area (Å²) in [6.07, 6.45) is -5.40. The molecule has 4 aliphatic carbocycles. The minimum absolute atomic E-state index is 0.0156. The lowest BCUT2D eigenvalue weighted by Gasteiger charge is -2.63. The molecule has 292 valence electrons. The molecule has 7 N–H and O–H groups in total. The van der Waals surface area contributed by atoms with E-state index in [1.54, 1.807) is 0 Å². The van der Waals surface area contributed by atoms with Crippen molar-refractivity contribution in [3.8, 4) is 0 Å². The van der Waals surface area contributed by atoms with Crippen molar-refractivity contribution in [2.75, 3.05) is 19.8 Å². The second-order valence-corrected chi connectivity index (χ2v) is 18.4. The Balaban J connectivity index is 1.08. The van der Waals surface area contributed by atoms with E-state index in [0.717, 1.165) is 51.6 Å². The Kier molecular flexibility index (Phi) is 9.97. The summed E-state index contributed by atoms with van der Waals surface area (Å²) in [5.74, 6) is 1.89. The molecule has 0 aromatic carbocycles. The molecule has 8 aliphatic rings. The minimum atomic E-state index is -1.63. The molecule has 8 fully saturated rings. The van der Waals surface area contributed by atoms with Crippen LogP contribution in [0.25, 0.3) is 0 Å². The number of rotatable bonds is 5. The quantitative estimate of drug-likeness (QED) is 0.199. The molecular formula is C38H62O13. The number of ether oxygens (including phenoxy) is 6. The third-order valence-corrected chi connectivity index (χ3v) is 15.8. The number of hydrogen-bond acceptors (Lipinski definition) is 13. The number of hydrogen-bond donors (Lipinski definition) is 7. The van der Waals surface area contributed by atoms with Crippen LogP contribution in [-0.4, -0.2) is 135 Å². The second-order valence-electron chi connectivity index (χ2n) is 18.4. The Labute approximate surface area is 300 Å². The maximum absolute atomic E-state index is 11.3. The van der Waals surface area contributed by atoms with Crippen LogP contribution in [0.4, 0.5) is 0 Å². The van der Waals surface area contributed by atoms with Crippen LogP contribution < -0.4 is 0 Å². The van der Waals surface area contributed by atoms with E-state index in [-0.39, 0.29) is 29.5 Å². The summed E-state index contributed by atoms with van der Waals surface area (Å²) < 4.78 is 38.1. The first-order chi connectivity index (χ1) is 24.2. The van der Waals surface area contributed by atoms with E-state index in [1.165, 1.54) is 0 Å². The van der Waals surface area contributed by atoms with Gasteiger partial charge in [-0.05, 0) is 97.7 Å². The summed E-state index contributed by atoms with van der Waals surface area (Å²) >= 11 is 0. The minimum Gasteiger partial charge on any atom is -0.394 e. The maximum Gasteiger partial charge on any atom is 0.187 e. The smallest absolute Gasteiger partial charge is 0.187 e. The fourth-order valence-electron chi connectivity index (χ4n) is 13.0. The number of fused-ring (bicyclic) bond motifs is 7. The van der Waals surface area contributed by atoms with Crippen LogP contribution in [0, 0.1) is 52.3 Å². The van der Waals surface area contributed by atoms with Gasteiger partial charge in [0.25, 0.3) is 0 Å². The van der Waals surface area contributed by atoms with E-state index >= 15 is 0 Å². The van der Waals surface area contributed by atoms with Crippen molar-refractivity contribution in [2.24, 2.45) is 52.3 Å². The molecule has 51 heavy (non-hydrogen) atoms. The van der Waals surface area contributed by atoms with E-state index < -0.39 is 79.9 Å². The Morgan fingerprint density at radius 2 is 1.49 bits per heavy atom. The lowest BCUT2D eigenvalue weighted by Crippen LogP contribution is -2.65. The van der Waals surface area contributed by atoms with Crippen LogP contribution >= 0.6 is 0 Å². The Morgan fingerprint density at radius 3 is 2.22 bits per heavy atom. The van der Waals surface area contributed by atoms with E-state index in [4.69, 9.17) is 28.4 Å². The van der Waals surface area contributed by atoms with Crippen molar-refractivity contribution in [2.45, 2.75) is 165 Å². The molecule has 0 radical (unpaired) electrons. The van der Waals surface area contributed by atoms with E-state index in [0.29, 0.717) is 48.3 Å². The highest BCUT2D eigenvalue weighted by Gasteiger charge is 2.70. The van der Waals surface area contributed by atoms with Gasteiger partial charge in [0.15, 0.2) is 18.4 Å². The van der Waals surface area contributed by atoms with Gasteiger partial charge in [-0.25, -0.2) is 0 Å². The molecular weight excluding hydrogens is 664 g/mol. The fourth-order valence-corrected chi connectivity index (χ4v) is 13.0. The summed E-state index contributed by atoms with van der Waals surface area (Å²) in [5.41, 5.74) is -0.0527. The first-order valence-corrected chi connectivity index (χ1v) is 19.8. The van der Waals surface area contributed by atoms with Crippen molar-refractivity contribution >= 4 is 0 Å². The Morgan fingerprint density at radius 1 is 0.725 bits per heavy atom. The topological polar surface area (TPSA) is 197 Å². The summed E-state index contributed by atoms with van der Waals surface area (Å²) in [7, 11) is 0. The molecule has 1 spiro atoms. The molecule has 0 bridgehead atoms. The lowest BCUT2D eigenvalue weighted by atomic mass is 9.43. The molecule has 4 saturated carbocycles. The summed E-state index contributed by atoms with van der Waals surface area (Å²) in [4.78, 5) is 0. The predicted octanol–water partition coefficient (Wildman–Crippen LogP) is 1.05. The van der Waals surface area contributed by atoms with E-state index in [2.05, 4.69) is 27.7 Å². The van der Waals surface area contributed by atoms with Gasteiger partial charge >= 0.3 is 0 Å². The SMILES string of the molecule is CC1CCC2(OC1)OC1CC3C4CC(OC5OC(CO)C(O)C(O)C5OC5OCC(O)C(O)C5O)C5CC(O)CCC5(C)C4CCC3(C)C1C2C. The molecule has 0 amide bonds. The van der Waals surface area contributed by atoms with Gasteiger partial charge in [-0.2, -0.15) is 0 Å². The third kappa shape index (κ3) is 5.90. The molecule has 22 atom stereocenters. The molecule has 4 heterocycles. The number of aliphatic hydroxyl groups is 7. The van der Waals surface area contributed by atoms with Crippen LogP contribution in [0.15, 0.2) is 0 Å². The second kappa shape index (κ2) is 13.6. The fraction of sp³-hybridized carbons (Fsp3) is 1.00. The highest BCUT2D eigenvalue weighted by molar-refractivity contribution is 5.16. The molecule has 4 saturated heterocycles. The van der Waals surface area contributed by atoms with Gasteiger partial charge < -0.3 is 64.2 Å². The van der Waals surface area contributed by atoms with E-state index in [1.807, 2.05) is 0 Å². The highest BCUT2D eigenvalue weighted by atomic mass is 16.8. The summed E-state index contributed by atoms with van der Waals surface area (Å²) in [6.45, 7) is 9.30. The first kappa shape index (κ1) is 37.4. The molecule has 4 aliphatic heterocycles. The maximum atomic E-state index is 11.3.